The van der Waals surface area contributed by atoms with Crippen LogP contribution in [0, 0.1) is 0 Å². The van der Waals surface area contributed by atoms with E-state index in [4.69, 9.17) is 0 Å². The van der Waals surface area contributed by atoms with Gasteiger partial charge in [0, 0.05) is 18.3 Å². The van der Waals surface area contributed by atoms with Crippen molar-refractivity contribution in [3.05, 3.63) is 29.3 Å². The lowest BCUT2D eigenvalue weighted by molar-refractivity contribution is 0.0695. The Balaban J connectivity index is 2.38. The zero-order valence-corrected chi connectivity index (χ0v) is 11.1. The van der Waals surface area contributed by atoms with E-state index in [-0.39, 0.29) is 0 Å². The molecule has 0 fully saturated rings. The third-order valence-corrected chi connectivity index (χ3v) is 3.76. The Bertz CT molecular complexity index is 442. The summed E-state index contributed by atoms with van der Waals surface area (Å²) in [6, 6.07) is 6.12. The van der Waals surface area contributed by atoms with E-state index in [1.807, 2.05) is 6.07 Å². The van der Waals surface area contributed by atoms with Crippen LogP contribution in [0.2, 0.25) is 0 Å². The van der Waals surface area contributed by atoms with Crippen LogP contribution in [0.3, 0.4) is 0 Å². The molecule has 0 saturated heterocycles. The van der Waals surface area contributed by atoms with Crippen molar-refractivity contribution in [1.82, 2.24) is 0 Å². The minimum Gasteiger partial charge on any atom is -0.478 e. The van der Waals surface area contributed by atoms with Gasteiger partial charge in [0.15, 0.2) is 0 Å². The summed E-state index contributed by atoms with van der Waals surface area (Å²) in [5, 5.41) is 9.25. The van der Waals surface area contributed by atoms with E-state index in [1.54, 1.807) is 6.07 Å². The lowest BCUT2D eigenvalue weighted by atomic mass is 9.94. The zero-order chi connectivity index (χ0) is 13.1. The predicted octanol–water partition coefficient (Wildman–Crippen LogP) is 3.33. The summed E-state index contributed by atoms with van der Waals surface area (Å²) in [5.41, 5.74) is 2.61. The van der Waals surface area contributed by atoms with Crippen LogP contribution in [-0.4, -0.2) is 23.7 Å². The molecular formula is C15H21NO2. The topological polar surface area (TPSA) is 40.5 Å². The van der Waals surface area contributed by atoms with E-state index < -0.39 is 5.97 Å². The van der Waals surface area contributed by atoms with Gasteiger partial charge >= 0.3 is 5.97 Å². The van der Waals surface area contributed by atoms with E-state index in [9.17, 15) is 9.90 Å². The molecule has 1 aromatic carbocycles. The van der Waals surface area contributed by atoms with Crippen LogP contribution in [0.25, 0.3) is 0 Å². The van der Waals surface area contributed by atoms with Crippen molar-refractivity contribution in [1.29, 1.82) is 0 Å². The monoisotopic (exact) mass is 247 g/mol. The molecular weight excluding hydrogens is 226 g/mol. The molecule has 1 aliphatic rings. The van der Waals surface area contributed by atoms with Gasteiger partial charge in [-0.25, -0.2) is 4.79 Å². The van der Waals surface area contributed by atoms with E-state index in [1.165, 1.54) is 0 Å². The molecule has 1 N–H and O–H groups in total. The van der Waals surface area contributed by atoms with Crippen molar-refractivity contribution in [2.45, 2.75) is 45.6 Å². The first kappa shape index (κ1) is 12.9. The fourth-order valence-electron chi connectivity index (χ4n) is 2.88. The third-order valence-electron chi connectivity index (χ3n) is 3.76. The third kappa shape index (κ3) is 2.35. The first-order chi connectivity index (χ1) is 8.65. The number of fused-ring (bicyclic) bond motifs is 1. The Kier molecular flexibility index (Phi) is 3.90. The highest BCUT2D eigenvalue weighted by Gasteiger charge is 2.24. The van der Waals surface area contributed by atoms with Gasteiger partial charge in [-0.2, -0.15) is 0 Å². The smallest absolute Gasteiger partial charge is 0.336 e. The fourth-order valence-corrected chi connectivity index (χ4v) is 2.88. The van der Waals surface area contributed by atoms with Crippen molar-refractivity contribution in [2.75, 3.05) is 11.4 Å². The second kappa shape index (κ2) is 5.42. The predicted molar refractivity (Wildman–Crippen MR) is 73.4 cm³/mol. The van der Waals surface area contributed by atoms with Crippen molar-refractivity contribution >= 4 is 11.7 Å². The number of rotatable bonds is 4. The second-order valence-electron chi connectivity index (χ2n) is 5.04. The average molecular weight is 247 g/mol. The molecule has 18 heavy (non-hydrogen) atoms. The van der Waals surface area contributed by atoms with Crippen molar-refractivity contribution < 1.29 is 9.90 Å². The molecule has 1 unspecified atom stereocenters. The Hall–Kier alpha value is -1.51. The number of benzene rings is 1. The standard InChI is InChI=1S/C15H21NO2/c1-3-6-11(2)16-10-5-8-12-13(15(17)18)7-4-9-14(12)16/h4,7,9,11H,3,5-6,8,10H2,1-2H3,(H,17,18). The molecule has 0 saturated carbocycles. The van der Waals surface area contributed by atoms with Gasteiger partial charge in [0.1, 0.15) is 0 Å². The fraction of sp³-hybridized carbons (Fsp3) is 0.533. The van der Waals surface area contributed by atoms with Gasteiger partial charge in [-0.05, 0) is 43.9 Å². The number of hydrogen-bond donors (Lipinski definition) is 1. The lowest BCUT2D eigenvalue weighted by Gasteiger charge is -2.36. The highest BCUT2D eigenvalue weighted by atomic mass is 16.4. The molecule has 1 heterocycles. The maximum atomic E-state index is 11.3. The van der Waals surface area contributed by atoms with Crippen LogP contribution < -0.4 is 4.90 Å². The minimum atomic E-state index is -0.808. The molecule has 0 amide bonds. The molecule has 0 spiro atoms. The lowest BCUT2D eigenvalue weighted by Crippen LogP contribution is -2.37. The SMILES string of the molecule is CCCC(C)N1CCCc2c(C(=O)O)cccc21. The Morgan fingerprint density at radius 2 is 2.28 bits per heavy atom. The summed E-state index contributed by atoms with van der Waals surface area (Å²) < 4.78 is 0. The van der Waals surface area contributed by atoms with Crippen molar-refractivity contribution in [3.63, 3.8) is 0 Å². The summed E-state index contributed by atoms with van der Waals surface area (Å²) in [7, 11) is 0. The molecule has 98 valence electrons. The van der Waals surface area contributed by atoms with Gasteiger partial charge in [-0.15, -0.1) is 0 Å². The first-order valence-corrected chi connectivity index (χ1v) is 6.77. The number of aromatic carboxylic acids is 1. The average Bonchev–Trinajstić information content (AvgIpc) is 2.37. The number of anilines is 1. The molecule has 1 aromatic rings. The minimum absolute atomic E-state index is 0.473. The number of hydrogen-bond acceptors (Lipinski definition) is 2. The van der Waals surface area contributed by atoms with Crippen LogP contribution in [0.5, 0.6) is 0 Å². The summed E-state index contributed by atoms with van der Waals surface area (Å²) in [4.78, 5) is 13.6. The van der Waals surface area contributed by atoms with E-state index in [0.717, 1.165) is 43.5 Å². The Morgan fingerprint density at radius 3 is 2.94 bits per heavy atom. The Labute approximate surface area is 108 Å². The maximum absolute atomic E-state index is 11.3. The molecule has 3 nitrogen and oxygen atoms in total. The quantitative estimate of drug-likeness (QED) is 0.887. The highest BCUT2D eigenvalue weighted by molar-refractivity contribution is 5.91. The van der Waals surface area contributed by atoms with Crippen LogP contribution in [-0.2, 0) is 6.42 Å². The van der Waals surface area contributed by atoms with Gasteiger partial charge in [-0.1, -0.05) is 19.4 Å². The van der Waals surface area contributed by atoms with Gasteiger partial charge in [0.2, 0.25) is 0 Å². The zero-order valence-electron chi connectivity index (χ0n) is 11.1. The summed E-state index contributed by atoms with van der Waals surface area (Å²) in [6.45, 7) is 5.46. The first-order valence-electron chi connectivity index (χ1n) is 6.77. The molecule has 0 bridgehead atoms. The molecule has 2 rings (SSSR count). The van der Waals surface area contributed by atoms with Gasteiger partial charge in [0.25, 0.3) is 0 Å². The van der Waals surface area contributed by atoms with Crippen molar-refractivity contribution in [2.24, 2.45) is 0 Å². The number of carboxylic acid groups (broad SMARTS) is 1. The highest BCUT2D eigenvalue weighted by Crippen LogP contribution is 2.32. The number of nitrogens with zero attached hydrogens (tertiary/aromatic N) is 1. The largest absolute Gasteiger partial charge is 0.478 e. The molecule has 1 atom stereocenters. The van der Waals surface area contributed by atoms with E-state index >= 15 is 0 Å². The Morgan fingerprint density at radius 1 is 1.50 bits per heavy atom. The van der Waals surface area contributed by atoms with Crippen LogP contribution in [0.15, 0.2) is 18.2 Å². The van der Waals surface area contributed by atoms with Crippen molar-refractivity contribution in [3.8, 4) is 0 Å². The van der Waals surface area contributed by atoms with Gasteiger partial charge < -0.3 is 10.0 Å². The normalized spacial score (nSPS) is 16.2. The summed E-state index contributed by atoms with van der Waals surface area (Å²) in [5.74, 6) is -0.808. The molecule has 0 radical (unpaired) electrons. The summed E-state index contributed by atoms with van der Waals surface area (Å²) in [6.07, 6.45) is 4.24. The molecule has 1 aliphatic heterocycles. The summed E-state index contributed by atoms with van der Waals surface area (Å²) >= 11 is 0. The van der Waals surface area contributed by atoms with E-state index in [0.29, 0.717) is 11.6 Å². The van der Waals surface area contributed by atoms with Crippen LogP contribution in [0.4, 0.5) is 5.69 Å². The number of carbonyl (C=O) groups is 1. The molecule has 3 heteroatoms. The van der Waals surface area contributed by atoms with Gasteiger partial charge in [0.05, 0.1) is 5.56 Å². The maximum Gasteiger partial charge on any atom is 0.336 e. The van der Waals surface area contributed by atoms with E-state index in [2.05, 4.69) is 24.8 Å². The second-order valence-corrected chi connectivity index (χ2v) is 5.04. The van der Waals surface area contributed by atoms with Crippen LogP contribution >= 0.6 is 0 Å². The molecule has 0 aliphatic carbocycles. The van der Waals surface area contributed by atoms with Gasteiger partial charge in [-0.3, -0.25) is 0 Å². The number of carboxylic acids is 1. The molecule has 0 aromatic heterocycles. The van der Waals surface area contributed by atoms with Crippen LogP contribution in [0.1, 0.15) is 49.0 Å².